The van der Waals surface area contributed by atoms with Gasteiger partial charge in [0.25, 0.3) is 0 Å². The Morgan fingerprint density at radius 2 is 1.90 bits per heavy atom. The number of ether oxygens (including phenoxy) is 2. The van der Waals surface area contributed by atoms with Gasteiger partial charge in [0.05, 0.1) is 26.8 Å². The van der Waals surface area contributed by atoms with E-state index >= 15 is 0 Å². The van der Waals surface area contributed by atoms with Crippen LogP contribution in [0, 0.1) is 0 Å². The van der Waals surface area contributed by atoms with Crippen molar-refractivity contribution in [1.82, 2.24) is 9.88 Å². The van der Waals surface area contributed by atoms with Crippen molar-refractivity contribution < 1.29 is 19.1 Å². The van der Waals surface area contributed by atoms with E-state index in [1.165, 1.54) is 18.1 Å². The molecule has 0 fully saturated rings. The van der Waals surface area contributed by atoms with Gasteiger partial charge in [0.15, 0.2) is 11.8 Å². The van der Waals surface area contributed by atoms with E-state index < -0.39 is 12.0 Å². The predicted octanol–water partition coefficient (Wildman–Crippen LogP) is 2.19. The van der Waals surface area contributed by atoms with E-state index in [0.717, 1.165) is 28.9 Å². The number of hydrogen-bond donors (Lipinski definition) is 2. The van der Waals surface area contributed by atoms with E-state index in [4.69, 9.17) is 10.5 Å². The Hall–Kier alpha value is -3.16. The summed E-state index contributed by atoms with van der Waals surface area (Å²) in [4.78, 5) is 30.0. The molecule has 1 aliphatic heterocycles. The van der Waals surface area contributed by atoms with Crippen LogP contribution in [0.1, 0.15) is 22.9 Å². The quantitative estimate of drug-likeness (QED) is 0.480. The highest BCUT2D eigenvalue weighted by Gasteiger charge is 2.34. The third-order valence-electron chi connectivity index (χ3n) is 5.73. The van der Waals surface area contributed by atoms with Crippen LogP contribution in [0.3, 0.4) is 0 Å². The van der Waals surface area contributed by atoms with Gasteiger partial charge in [-0.1, -0.05) is 30.3 Å². The first kappa shape index (κ1) is 20.1. The van der Waals surface area contributed by atoms with E-state index in [1.54, 1.807) is 7.11 Å². The third kappa shape index (κ3) is 3.58. The number of para-hydroxylation sites is 1. The van der Waals surface area contributed by atoms with Crippen molar-refractivity contribution in [2.45, 2.75) is 18.5 Å². The molecule has 2 unspecified atom stereocenters. The van der Waals surface area contributed by atoms with Crippen LogP contribution in [0.5, 0.6) is 5.75 Å². The minimum Gasteiger partial charge on any atom is -0.497 e. The lowest BCUT2D eigenvalue weighted by molar-refractivity contribution is -0.145. The van der Waals surface area contributed by atoms with Crippen molar-refractivity contribution in [1.29, 1.82) is 0 Å². The second-order valence-corrected chi connectivity index (χ2v) is 7.43. The van der Waals surface area contributed by atoms with Crippen LogP contribution < -0.4 is 10.5 Å². The lowest BCUT2D eigenvalue weighted by Gasteiger charge is -2.36. The summed E-state index contributed by atoms with van der Waals surface area (Å²) < 4.78 is 9.92. The Balaban J connectivity index is 1.74. The molecule has 0 amide bonds. The van der Waals surface area contributed by atoms with Crippen LogP contribution in [-0.4, -0.2) is 55.0 Å². The number of nitrogens with zero attached hydrogens (tertiary/aromatic N) is 1. The average Bonchev–Trinajstić information content (AvgIpc) is 3.16. The second-order valence-electron chi connectivity index (χ2n) is 7.43. The van der Waals surface area contributed by atoms with E-state index in [9.17, 15) is 9.59 Å². The standard InChI is InChI=1S/C23H25N3O4/c1-29-15-9-7-14(8-10-15)22-21-17(16-5-3-4-6-18(16)25-21)11-12-26(22)13-19(27)20(24)23(28)30-2/h3-10,20,22,25H,11-13,24H2,1-2H3. The molecule has 7 heteroatoms. The molecule has 1 aromatic heterocycles. The molecule has 2 atom stereocenters. The average molecular weight is 407 g/mol. The van der Waals surface area contributed by atoms with Crippen LogP contribution >= 0.6 is 0 Å². The number of nitrogens with one attached hydrogen (secondary N) is 1. The predicted molar refractivity (Wildman–Crippen MR) is 113 cm³/mol. The monoisotopic (exact) mass is 407 g/mol. The van der Waals surface area contributed by atoms with Gasteiger partial charge in [-0.25, -0.2) is 4.79 Å². The molecule has 3 N–H and O–H groups in total. The van der Waals surface area contributed by atoms with Crippen molar-refractivity contribution in [2.24, 2.45) is 5.73 Å². The number of H-pyrrole nitrogens is 1. The highest BCUT2D eigenvalue weighted by Crippen LogP contribution is 2.38. The van der Waals surface area contributed by atoms with E-state index in [-0.39, 0.29) is 18.4 Å². The van der Waals surface area contributed by atoms with Gasteiger partial charge in [0, 0.05) is 23.1 Å². The van der Waals surface area contributed by atoms with Gasteiger partial charge < -0.3 is 20.2 Å². The van der Waals surface area contributed by atoms with Gasteiger partial charge in [0.1, 0.15) is 5.75 Å². The fourth-order valence-corrected chi connectivity index (χ4v) is 4.18. The van der Waals surface area contributed by atoms with Crippen LogP contribution in [0.4, 0.5) is 0 Å². The molecular formula is C23H25N3O4. The van der Waals surface area contributed by atoms with Crippen molar-refractivity contribution in [3.63, 3.8) is 0 Å². The molecule has 2 heterocycles. The molecule has 30 heavy (non-hydrogen) atoms. The highest BCUT2D eigenvalue weighted by atomic mass is 16.5. The number of rotatable bonds is 6. The highest BCUT2D eigenvalue weighted by molar-refractivity contribution is 6.03. The van der Waals surface area contributed by atoms with E-state index in [0.29, 0.717) is 6.54 Å². The van der Waals surface area contributed by atoms with Gasteiger partial charge in [-0.05, 0) is 35.7 Å². The maximum Gasteiger partial charge on any atom is 0.330 e. The summed E-state index contributed by atoms with van der Waals surface area (Å²) >= 11 is 0. The summed E-state index contributed by atoms with van der Waals surface area (Å²) in [6.07, 6.45) is 0.798. The fraction of sp³-hybridized carbons (Fsp3) is 0.304. The summed E-state index contributed by atoms with van der Waals surface area (Å²) in [5.41, 5.74) is 10.2. The van der Waals surface area contributed by atoms with Gasteiger partial charge in [0.2, 0.25) is 0 Å². The van der Waals surface area contributed by atoms with E-state index in [2.05, 4.69) is 26.8 Å². The summed E-state index contributed by atoms with van der Waals surface area (Å²) in [5, 5.41) is 1.20. The zero-order valence-electron chi connectivity index (χ0n) is 17.1. The van der Waals surface area contributed by atoms with Gasteiger partial charge >= 0.3 is 5.97 Å². The van der Waals surface area contributed by atoms with Crippen molar-refractivity contribution in [2.75, 3.05) is 27.3 Å². The summed E-state index contributed by atoms with van der Waals surface area (Å²) in [6.45, 7) is 0.729. The Labute approximate surface area is 174 Å². The maximum atomic E-state index is 12.7. The number of hydrogen-bond acceptors (Lipinski definition) is 6. The molecule has 7 nitrogen and oxygen atoms in total. The number of aromatic nitrogens is 1. The van der Waals surface area contributed by atoms with Crippen molar-refractivity contribution >= 4 is 22.7 Å². The van der Waals surface area contributed by atoms with E-state index in [1.807, 2.05) is 36.4 Å². The number of fused-ring (bicyclic) bond motifs is 3. The molecule has 2 aromatic carbocycles. The molecule has 0 bridgehead atoms. The first-order chi connectivity index (χ1) is 14.5. The Bertz CT molecular complexity index is 1070. The van der Waals surface area contributed by atoms with Crippen molar-refractivity contribution in [3.8, 4) is 5.75 Å². The maximum absolute atomic E-state index is 12.7. The number of methoxy groups -OCH3 is 2. The van der Waals surface area contributed by atoms with Crippen LogP contribution in [-0.2, 0) is 20.7 Å². The zero-order valence-corrected chi connectivity index (χ0v) is 17.1. The Morgan fingerprint density at radius 1 is 1.17 bits per heavy atom. The van der Waals surface area contributed by atoms with Gasteiger partial charge in [-0.3, -0.25) is 9.69 Å². The van der Waals surface area contributed by atoms with Crippen molar-refractivity contribution in [3.05, 3.63) is 65.4 Å². The minimum absolute atomic E-state index is 0.0573. The molecular weight excluding hydrogens is 382 g/mol. The number of carbonyl (C=O) groups is 2. The molecule has 4 rings (SSSR count). The lowest BCUT2D eigenvalue weighted by atomic mass is 9.92. The third-order valence-corrected chi connectivity index (χ3v) is 5.73. The number of carbonyl (C=O) groups excluding carboxylic acids is 2. The fourth-order valence-electron chi connectivity index (χ4n) is 4.18. The molecule has 0 spiro atoms. The number of nitrogens with two attached hydrogens (primary N) is 1. The molecule has 0 saturated carbocycles. The summed E-state index contributed by atoms with van der Waals surface area (Å²) in [6, 6.07) is 14.6. The smallest absolute Gasteiger partial charge is 0.330 e. The van der Waals surface area contributed by atoms with Crippen LogP contribution in [0.15, 0.2) is 48.5 Å². The molecule has 156 valence electrons. The topological polar surface area (TPSA) is 97.6 Å². The molecule has 0 saturated heterocycles. The van der Waals surface area contributed by atoms with Crippen LogP contribution in [0.2, 0.25) is 0 Å². The summed E-state index contributed by atoms with van der Waals surface area (Å²) in [5.74, 6) is -0.314. The number of Topliss-reactive ketones (excluding diaryl/α,β-unsaturated/α-hetero) is 1. The number of aromatic amines is 1. The SMILES string of the molecule is COC(=O)C(N)C(=O)CN1CCc2c([nH]c3ccccc23)C1c1ccc(OC)cc1. The number of ketones is 1. The number of esters is 1. The zero-order chi connectivity index (χ0) is 21.3. The van der Waals surface area contributed by atoms with Gasteiger partial charge in [-0.15, -0.1) is 0 Å². The Kier molecular flexibility index (Phi) is 5.57. The van der Waals surface area contributed by atoms with Crippen LogP contribution in [0.25, 0.3) is 10.9 Å². The van der Waals surface area contributed by atoms with Gasteiger partial charge in [-0.2, -0.15) is 0 Å². The number of benzene rings is 2. The molecule has 1 aliphatic rings. The minimum atomic E-state index is -1.28. The lowest BCUT2D eigenvalue weighted by Crippen LogP contribution is -2.47. The largest absolute Gasteiger partial charge is 0.497 e. The second kappa shape index (κ2) is 8.30. The molecule has 0 radical (unpaired) electrons. The molecule has 0 aliphatic carbocycles. The first-order valence-corrected chi connectivity index (χ1v) is 9.87. The molecule has 3 aromatic rings. The first-order valence-electron chi connectivity index (χ1n) is 9.87. The Morgan fingerprint density at radius 3 is 2.60 bits per heavy atom. The normalized spacial score (nSPS) is 17.4. The summed E-state index contributed by atoms with van der Waals surface area (Å²) in [7, 11) is 2.86.